The first-order valence-corrected chi connectivity index (χ1v) is 10.3. The molecule has 8 nitrogen and oxygen atoms in total. The molecule has 2 unspecified atom stereocenters. The van der Waals surface area contributed by atoms with Gasteiger partial charge >= 0.3 is 0 Å². The Morgan fingerprint density at radius 2 is 2.13 bits per heavy atom. The fraction of sp³-hybridized carbons (Fsp3) is 0.364. The molecule has 0 radical (unpaired) electrons. The third-order valence-corrected chi connectivity index (χ3v) is 5.73. The molecule has 1 aliphatic heterocycles. The first kappa shape index (κ1) is 18.9. The second kappa shape index (κ2) is 7.30. The number of rotatable bonds is 4. The Kier molecular flexibility index (Phi) is 4.60. The number of hydrogen-bond acceptors (Lipinski definition) is 6. The quantitative estimate of drug-likeness (QED) is 0.452. The summed E-state index contributed by atoms with van der Waals surface area (Å²) in [5, 5.41) is 8.44. The summed E-state index contributed by atoms with van der Waals surface area (Å²) in [7, 11) is 4.16. The van der Waals surface area contributed by atoms with Crippen molar-refractivity contribution in [3.8, 4) is 11.5 Å². The lowest BCUT2D eigenvalue weighted by molar-refractivity contribution is 0.00880. The molecule has 0 saturated carbocycles. The van der Waals surface area contributed by atoms with Gasteiger partial charge in [-0.1, -0.05) is 12.1 Å². The molecule has 156 valence electrons. The van der Waals surface area contributed by atoms with Crippen LogP contribution in [0.15, 0.2) is 36.4 Å². The van der Waals surface area contributed by atoms with Crippen LogP contribution in [0.5, 0.6) is 0 Å². The maximum Gasteiger partial charge on any atom is 0.159 e. The number of ether oxygens (including phenoxy) is 1. The van der Waals surface area contributed by atoms with Gasteiger partial charge < -0.3 is 25.3 Å². The number of nitrogens with two attached hydrogens (primary N) is 1. The number of anilines is 2. The zero-order valence-electron chi connectivity index (χ0n) is 17.5. The van der Waals surface area contributed by atoms with Crippen molar-refractivity contribution in [3.05, 3.63) is 36.4 Å². The van der Waals surface area contributed by atoms with Gasteiger partial charge in [-0.15, -0.1) is 0 Å². The zero-order valence-corrected chi connectivity index (χ0v) is 17.5. The summed E-state index contributed by atoms with van der Waals surface area (Å²) in [4.78, 5) is 12.8. The molecule has 4 aromatic rings. The van der Waals surface area contributed by atoms with E-state index in [1.807, 2.05) is 18.2 Å². The van der Waals surface area contributed by atoms with E-state index in [2.05, 4.69) is 64.2 Å². The summed E-state index contributed by atoms with van der Waals surface area (Å²) >= 11 is 0. The van der Waals surface area contributed by atoms with Crippen molar-refractivity contribution in [2.45, 2.75) is 19.1 Å². The van der Waals surface area contributed by atoms with Crippen molar-refractivity contribution in [1.82, 2.24) is 25.1 Å². The summed E-state index contributed by atoms with van der Waals surface area (Å²) in [6.45, 7) is 4.71. The smallest absolute Gasteiger partial charge is 0.159 e. The van der Waals surface area contributed by atoms with Crippen molar-refractivity contribution >= 4 is 33.3 Å². The minimum atomic E-state index is 0.199. The number of aromatic nitrogens is 4. The number of fused-ring (bicyclic) bond motifs is 2. The lowest BCUT2D eigenvalue weighted by Crippen LogP contribution is -2.51. The van der Waals surface area contributed by atoms with E-state index in [0.29, 0.717) is 11.7 Å². The van der Waals surface area contributed by atoms with Gasteiger partial charge in [-0.05, 0) is 45.3 Å². The number of nitrogen functional groups attached to an aromatic ring is 1. The van der Waals surface area contributed by atoms with Gasteiger partial charge in [0.15, 0.2) is 5.82 Å². The van der Waals surface area contributed by atoms with Crippen LogP contribution in [0.2, 0.25) is 0 Å². The molecule has 5 rings (SSSR count). The van der Waals surface area contributed by atoms with E-state index >= 15 is 0 Å². The molecule has 2 aromatic carbocycles. The van der Waals surface area contributed by atoms with Gasteiger partial charge in [0.25, 0.3) is 0 Å². The average molecular weight is 406 g/mol. The van der Waals surface area contributed by atoms with Crippen molar-refractivity contribution < 1.29 is 4.74 Å². The van der Waals surface area contributed by atoms with E-state index in [-0.39, 0.29) is 6.10 Å². The summed E-state index contributed by atoms with van der Waals surface area (Å²) in [6.07, 6.45) is 0.199. The Bertz CT molecular complexity index is 1190. The fourth-order valence-corrected chi connectivity index (χ4v) is 4.23. The number of H-pyrrole nitrogens is 2. The van der Waals surface area contributed by atoms with Crippen LogP contribution >= 0.6 is 0 Å². The minimum Gasteiger partial charge on any atom is -0.397 e. The first-order chi connectivity index (χ1) is 14.5. The predicted molar refractivity (Wildman–Crippen MR) is 121 cm³/mol. The van der Waals surface area contributed by atoms with Crippen molar-refractivity contribution in [2.24, 2.45) is 0 Å². The first-order valence-electron chi connectivity index (χ1n) is 10.3. The number of nitrogens with zero attached hydrogens (tertiary/aromatic N) is 4. The van der Waals surface area contributed by atoms with Gasteiger partial charge in [0.05, 0.1) is 34.9 Å². The minimum absolute atomic E-state index is 0.199. The highest BCUT2D eigenvalue weighted by molar-refractivity contribution is 5.98. The van der Waals surface area contributed by atoms with Crippen molar-refractivity contribution in [3.63, 3.8) is 0 Å². The van der Waals surface area contributed by atoms with E-state index in [4.69, 9.17) is 15.5 Å². The highest BCUT2D eigenvalue weighted by atomic mass is 16.5. The molecule has 0 amide bonds. The number of benzene rings is 2. The molecule has 0 aliphatic carbocycles. The predicted octanol–water partition coefficient (Wildman–Crippen LogP) is 2.84. The monoisotopic (exact) mass is 405 g/mol. The van der Waals surface area contributed by atoms with Crippen molar-refractivity contribution in [2.75, 3.05) is 44.4 Å². The van der Waals surface area contributed by atoms with Gasteiger partial charge in [-0.3, -0.25) is 5.10 Å². The fourth-order valence-electron chi connectivity index (χ4n) is 4.23. The molecule has 30 heavy (non-hydrogen) atoms. The van der Waals surface area contributed by atoms with Crippen molar-refractivity contribution in [1.29, 1.82) is 0 Å². The highest BCUT2D eigenvalue weighted by Crippen LogP contribution is 2.31. The van der Waals surface area contributed by atoms with Crippen LogP contribution in [0.3, 0.4) is 0 Å². The molecule has 3 heterocycles. The Morgan fingerprint density at radius 3 is 2.97 bits per heavy atom. The molecular weight excluding hydrogens is 378 g/mol. The zero-order chi connectivity index (χ0) is 20.8. The summed E-state index contributed by atoms with van der Waals surface area (Å²) in [5.41, 5.74) is 11.4. The summed E-state index contributed by atoms with van der Waals surface area (Å²) in [5.74, 6) is 0.736. The molecule has 2 atom stereocenters. The molecule has 0 spiro atoms. The normalized spacial score (nSPS) is 19.9. The van der Waals surface area contributed by atoms with E-state index in [1.165, 1.54) is 5.69 Å². The second-order valence-electron chi connectivity index (χ2n) is 8.35. The molecule has 8 heteroatoms. The third-order valence-electron chi connectivity index (χ3n) is 5.73. The number of imidazole rings is 1. The van der Waals surface area contributed by atoms with Crippen LogP contribution in [-0.4, -0.2) is 71.0 Å². The second-order valence-corrected chi connectivity index (χ2v) is 8.35. The van der Waals surface area contributed by atoms with E-state index in [9.17, 15) is 0 Å². The Hall–Kier alpha value is -3.10. The molecular formula is C22H27N7O. The van der Waals surface area contributed by atoms with E-state index in [0.717, 1.165) is 53.2 Å². The number of nitrogens with one attached hydrogen (secondary N) is 2. The van der Waals surface area contributed by atoms with Gasteiger partial charge in [-0.25, -0.2) is 4.98 Å². The van der Waals surface area contributed by atoms with Crippen LogP contribution in [0.25, 0.3) is 33.5 Å². The van der Waals surface area contributed by atoms with Gasteiger partial charge in [0, 0.05) is 30.2 Å². The van der Waals surface area contributed by atoms with Crippen LogP contribution < -0.4 is 10.6 Å². The average Bonchev–Trinajstić information content (AvgIpc) is 3.33. The Balaban J connectivity index is 1.48. The van der Waals surface area contributed by atoms with Crippen LogP contribution in [0.4, 0.5) is 11.4 Å². The van der Waals surface area contributed by atoms with Gasteiger partial charge in [-0.2, -0.15) is 5.10 Å². The standard InChI is InChI=1S/C22H27N7O/c1-13-12-30-15(10-28(2)3)11-29(13)14-7-8-18-19(9-14)25-22(24-18)21-16-5-4-6-17(23)20(16)26-27-21/h4-9,13,15H,10-12,23H2,1-3H3,(H,24,25)(H,26,27). The van der Waals surface area contributed by atoms with Gasteiger partial charge in [0.1, 0.15) is 5.69 Å². The van der Waals surface area contributed by atoms with E-state index in [1.54, 1.807) is 0 Å². The molecule has 1 aliphatic rings. The highest BCUT2D eigenvalue weighted by Gasteiger charge is 2.27. The number of para-hydroxylation sites is 1. The maximum atomic E-state index is 6.06. The molecule has 1 fully saturated rings. The van der Waals surface area contributed by atoms with E-state index < -0.39 is 0 Å². The number of hydrogen-bond donors (Lipinski definition) is 3. The lowest BCUT2D eigenvalue weighted by atomic mass is 10.1. The molecule has 1 saturated heterocycles. The SMILES string of the molecule is CC1COC(CN(C)C)CN1c1ccc2nc(-c3n[nH]c4c(N)cccc34)[nH]c2c1. The van der Waals surface area contributed by atoms with Crippen LogP contribution in [-0.2, 0) is 4.74 Å². The lowest BCUT2D eigenvalue weighted by Gasteiger charge is -2.40. The molecule has 0 bridgehead atoms. The molecule has 2 aromatic heterocycles. The summed E-state index contributed by atoms with van der Waals surface area (Å²) < 4.78 is 6.02. The molecule has 4 N–H and O–H groups in total. The topological polar surface area (TPSA) is 99.1 Å². The number of aromatic amines is 2. The van der Waals surface area contributed by atoms with Gasteiger partial charge in [0.2, 0.25) is 0 Å². The Morgan fingerprint density at radius 1 is 1.27 bits per heavy atom. The number of likely N-dealkylation sites (N-methyl/N-ethyl adjacent to an activating group) is 1. The Labute approximate surface area is 175 Å². The third kappa shape index (κ3) is 3.28. The largest absolute Gasteiger partial charge is 0.397 e. The van der Waals surface area contributed by atoms with Crippen LogP contribution in [0, 0.1) is 0 Å². The maximum absolute atomic E-state index is 6.06. The summed E-state index contributed by atoms with van der Waals surface area (Å²) in [6, 6.07) is 12.5. The number of morpholine rings is 1. The van der Waals surface area contributed by atoms with Crippen LogP contribution in [0.1, 0.15) is 6.92 Å².